The molecule has 1 aliphatic carbocycles. The van der Waals surface area contributed by atoms with Crippen molar-refractivity contribution in [2.45, 2.75) is 33.6 Å². The average molecular weight is 430 g/mol. The molecule has 0 atom stereocenters. The van der Waals surface area contributed by atoms with E-state index in [4.69, 9.17) is 4.98 Å². The van der Waals surface area contributed by atoms with Gasteiger partial charge in [-0.2, -0.15) is 0 Å². The molecule has 1 nitrogen and oxygen atoms in total. The summed E-state index contributed by atoms with van der Waals surface area (Å²) in [6, 6.07) is 21.3. The zero-order valence-electron chi connectivity index (χ0n) is 19.8. The number of benzene rings is 2. The standard InChI is InChI=1S/C32H31N/c1-5-14-24(4)31(25-15-8-7-9-16-25)28-19-12-13-20-29(28)32(23(3)6-2)30-21-26-17-10-11-18-27(26)22-33-30/h5-11,14-22H,2,12-13H2,1,3-4H3/b14-5-,31-24+,32-23-. The van der Waals surface area contributed by atoms with Crippen LogP contribution in [-0.2, 0) is 0 Å². The lowest BCUT2D eigenvalue weighted by Crippen LogP contribution is -2.05. The quantitative estimate of drug-likeness (QED) is 0.356. The Labute approximate surface area is 197 Å². The van der Waals surface area contributed by atoms with Gasteiger partial charge in [0.15, 0.2) is 0 Å². The van der Waals surface area contributed by atoms with E-state index in [1.807, 2.05) is 12.3 Å². The van der Waals surface area contributed by atoms with Crippen LogP contribution in [0.1, 0.15) is 44.9 Å². The molecular weight excluding hydrogens is 398 g/mol. The van der Waals surface area contributed by atoms with Crippen molar-refractivity contribution in [2.24, 2.45) is 0 Å². The third-order valence-electron chi connectivity index (χ3n) is 6.15. The molecule has 0 amide bonds. The predicted molar refractivity (Wildman–Crippen MR) is 144 cm³/mol. The van der Waals surface area contributed by atoms with Crippen molar-refractivity contribution in [1.82, 2.24) is 4.98 Å². The van der Waals surface area contributed by atoms with E-state index in [2.05, 4.69) is 112 Å². The Hall–Kier alpha value is -3.71. The first-order chi connectivity index (χ1) is 16.1. The largest absolute Gasteiger partial charge is 0.256 e. The van der Waals surface area contributed by atoms with E-state index in [0.717, 1.165) is 35.1 Å². The van der Waals surface area contributed by atoms with Crippen LogP contribution >= 0.6 is 0 Å². The van der Waals surface area contributed by atoms with Gasteiger partial charge in [-0.25, -0.2) is 0 Å². The molecule has 1 aromatic heterocycles. The molecule has 0 radical (unpaired) electrons. The summed E-state index contributed by atoms with van der Waals surface area (Å²) >= 11 is 0. The molecule has 2 aromatic carbocycles. The number of fused-ring (bicyclic) bond motifs is 1. The number of nitrogens with zero attached hydrogens (tertiary/aromatic N) is 1. The Kier molecular flexibility index (Phi) is 7.00. The third-order valence-corrected chi connectivity index (χ3v) is 6.15. The minimum absolute atomic E-state index is 0.987. The maximum absolute atomic E-state index is 4.90. The molecule has 0 spiro atoms. The zero-order chi connectivity index (χ0) is 23.2. The summed E-state index contributed by atoms with van der Waals surface area (Å²) in [6.07, 6.45) is 15.1. The van der Waals surface area contributed by atoms with E-state index in [-0.39, 0.29) is 0 Å². The highest BCUT2D eigenvalue weighted by Crippen LogP contribution is 2.42. The van der Waals surface area contributed by atoms with Crippen molar-refractivity contribution in [1.29, 1.82) is 0 Å². The van der Waals surface area contributed by atoms with Crippen LogP contribution in [0.15, 0.2) is 126 Å². The van der Waals surface area contributed by atoms with Crippen LogP contribution in [0.5, 0.6) is 0 Å². The Morgan fingerprint density at radius 1 is 0.818 bits per heavy atom. The van der Waals surface area contributed by atoms with Crippen LogP contribution in [0, 0.1) is 0 Å². The smallest absolute Gasteiger partial charge is 0.0717 e. The second kappa shape index (κ2) is 10.3. The first kappa shape index (κ1) is 22.5. The van der Waals surface area contributed by atoms with E-state index in [0.29, 0.717) is 0 Å². The van der Waals surface area contributed by atoms with Crippen molar-refractivity contribution >= 4 is 21.9 Å². The van der Waals surface area contributed by atoms with Crippen LogP contribution in [-0.4, -0.2) is 4.98 Å². The second-order valence-electron chi connectivity index (χ2n) is 8.42. The van der Waals surface area contributed by atoms with Gasteiger partial charge in [0, 0.05) is 17.2 Å². The summed E-state index contributed by atoms with van der Waals surface area (Å²) in [5.74, 6) is 0. The van der Waals surface area contributed by atoms with E-state index in [1.165, 1.54) is 33.2 Å². The minimum atomic E-state index is 0.987. The summed E-state index contributed by atoms with van der Waals surface area (Å²) in [4.78, 5) is 4.90. The molecule has 164 valence electrons. The molecule has 1 heteroatoms. The summed E-state index contributed by atoms with van der Waals surface area (Å²) in [7, 11) is 0. The fourth-order valence-corrected chi connectivity index (χ4v) is 4.56. The molecule has 1 aliphatic rings. The number of hydrogen-bond acceptors (Lipinski definition) is 1. The van der Waals surface area contributed by atoms with Crippen molar-refractivity contribution < 1.29 is 0 Å². The minimum Gasteiger partial charge on any atom is -0.256 e. The summed E-state index contributed by atoms with van der Waals surface area (Å²) in [6.45, 7) is 10.5. The topological polar surface area (TPSA) is 12.9 Å². The third kappa shape index (κ3) is 4.73. The normalized spacial score (nSPS) is 15.6. The summed E-state index contributed by atoms with van der Waals surface area (Å²) in [5, 5.41) is 2.35. The van der Waals surface area contributed by atoms with Gasteiger partial charge in [0.2, 0.25) is 0 Å². The molecule has 0 N–H and O–H groups in total. The highest BCUT2D eigenvalue weighted by molar-refractivity contribution is 5.98. The lowest BCUT2D eigenvalue weighted by molar-refractivity contribution is 1.01. The number of allylic oxidation sites excluding steroid dienone is 11. The lowest BCUT2D eigenvalue weighted by Gasteiger charge is -2.24. The van der Waals surface area contributed by atoms with Gasteiger partial charge in [-0.1, -0.05) is 91.6 Å². The highest BCUT2D eigenvalue weighted by Gasteiger charge is 2.22. The van der Waals surface area contributed by atoms with Crippen LogP contribution in [0.3, 0.4) is 0 Å². The zero-order valence-corrected chi connectivity index (χ0v) is 19.8. The molecule has 1 heterocycles. The fourth-order valence-electron chi connectivity index (χ4n) is 4.56. The molecular formula is C32H31N. The van der Waals surface area contributed by atoms with Crippen molar-refractivity contribution in [2.75, 3.05) is 0 Å². The van der Waals surface area contributed by atoms with Crippen LogP contribution in [0.2, 0.25) is 0 Å². The molecule has 4 rings (SSSR count). The maximum atomic E-state index is 4.90. The number of rotatable bonds is 6. The van der Waals surface area contributed by atoms with E-state index in [9.17, 15) is 0 Å². The molecule has 0 aliphatic heterocycles. The van der Waals surface area contributed by atoms with Gasteiger partial charge in [-0.15, -0.1) is 0 Å². The highest BCUT2D eigenvalue weighted by atomic mass is 14.7. The van der Waals surface area contributed by atoms with Crippen LogP contribution in [0.4, 0.5) is 0 Å². The molecule has 0 saturated carbocycles. The van der Waals surface area contributed by atoms with Gasteiger partial charge < -0.3 is 0 Å². The second-order valence-corrected chi connectivity index (χ2v) is 8.42. The predicted octanol–water partition coefficient (Wildman–Crippen LogP) is 8.89. The Bertz CT molecular complexity index is 1330. The van der Waals surface area contributed by atoms with Gasteiger partial charge >= 0.3 is 0 Å². The van der Waals surface area contributed by atoms with Crippen molar-refractivity contribution in [3.8, 4) is 0 Å². The monoisotopic (exact) mass is 429 g/mol. The van der Waals surface area contributed by atoms with Crippen LogP contribution < -0.4 is 0 Å². The summed E-state index contributed by atoms with van der Waals surface area (Å²) < 4.78 is 0. The van der Waals surface area contributed by atoms with E-state index < -0.39 is 0 Å². The lowest BCUT2D eigenvalue weighted by atomic mass is 9.80. The Balaban J connectivity index is 1.93. The Morgan fingerprint density at radius 2 is 1.45 bits per heavy atom. The number of pyridine rings is 1. The molecule has 33 heavy (non-hydrogen) atoms. The van der Waals surface area contributed by atoms with Crippen molar-refractivity contribution in [3.05, 3.63) is 137 Å². The van der Waals surface area contributed by atoms with Gasteiger partial charge in [0.1, 0.15) is 0 Å². The molecule has 3 aromatic rings. The van der Waals surface area contributed by atoms with Gasteiger partial charge in [0.25, 0.3) is 0 Å². The molecule has 0 saturated heterocycles. The van der Waals surface area contributed by atoms with Crippen molar-refractivity contribution in [3.63, 3.8) is 0 Å². The maximum Gasteiger partial charge on any atom is 0.0717 e. The van der Waals surface area contributed by atoms with E-state index >= 15 is 0 Å². The molecule has 0 unspecified atom stereocenters. The molecule has 0 bridgehead atoms. The SMILES string of the molecule is C=C/C(C)=C(/C1=CCCC=C1/C(=C(C)/C=C\C)c1ccccc1)c1cc2ccccc2cn1. The average Bonchev–Trinajstić information content (AvgIpc) is 2.86. The first-order valence-electron chi connectivity index (χ1n) is 11.6. The fraction of sp³-hybridized carbons (Fsp3) is 0.156. The number of hydrogen-bond donors (Lipinski definition) is 0. The van der Waals surface area contributed by atoms with Gasteiger partial charge in [-0.3, -0.25) is 4.98 Å². The Morgan fingerprint density at radius 3 is 2.12 bits per heavy atom. The van der Waals surface area contributed by atoms with Gasteiger partial charge in [-0.05, 0) is 78.5 Å². The first-order valence-corrected chi connectivity index (χ1v) is 11.6. The van der Waals surface area contributed by atoms with Gasteiger partial charge in [0.05, 0.1) is 5.69 Å². The summed E-state index contributed by atoms with van der Waals surface area (Å²) in [5.41, 5.74) is 9.55. The van der Waals surface area contributed by atoms with Crippen LogP contribution in [0.25, 0.3) is 21.9 Å². The number of aromatic nitrogens is 1. The molecule has 0 fully saturated rings. The van der Waals surface area contributed by atoms with E-state index in [1.54, 1.807) is 0 Å².